The molecule has 0 saturated heterocycles. The first kappa shape index (κ1) is 10.2. The maximum Gasteiger partial charge on any atom is 0.123 e. The van der Waals surface area contributed by atoms with Crippen LogP contribution in [0.1, 0.15) is 24.2 Å². The van der Waals surface area contributed by atoms with Crippen molar-refractivity contribution in [2.24, 2.45) is 0 Å². The molecular weight excluding hydrogens is 165 g/mol. The monoisotopic (exact) mass is 181 g/mol. The second-order valence-corrected chi connectivity index (χ2v) is 3.17. The summed E-state index contributed by atoms with van der Waals surface area (Å²) in [6.45, 7) is 2.47. The van der Waals surface area contributed by atoms with Crippen LogP contribution in [0.2, 0.25) is 0 Å². The highest BCUT2D eigenvalue weighted by Gasteiger charge is 2.07. The van der Waals surface area contributed by atoms with E-state index in [-0.39, 0.29) is 0 Å². The Bertz CT molecular complexity index is 258. The molecule has 1 aromatic carbocycles. The predicted molar refractivity (Wildman–Crippen MR) is 53.6 cm³/mol. The van der Waals surface area contributed by atoms with E-state index in [1.165, 1.54) is 0 Å². The van der Waals surface area contributed by atoms with Gasteiger partial charge in [0.15, 0.2) is 0 Å². The molecule has 0 heterocycles. The number of hydrogen-bond acceptors (Lipinski definition) is 1. The Labute approximate surface area is 79.0 Å². The van der Waals surface area contributed by atoms with Gasteiger partial charge in [-0.05, 0) is 38.1 Å². The smallest absolute Gasteiger partial charge is 0.123 e. The Morgan fingerprint density at radius 3 is 2.69 bits per heavy atom. The normalized spacial score (nSPS) is 12.8. The Morgan fingerprint density at radius 1 is 1.38 bits per heavy atom. The van der Waals surface area contributed by atoms with E-state index in [4.69, 9.17) is 0 Å². The first-order valence-corrected chi connectivity index (χ1v) is 4.62. The summed E-state index contributed by atoms with van der Waals surface area (Å²) in [4.78, 5) is 0. The van der Waals surface area contributed by atoms with Gasteiger partial charge in [0.1, 0.15) is 6.17 Å². The number of halogens is 1. The maximum absolute atomic E-state index is 13.1. The van der Waals surface area contributed by atoms with Crippen LogP contribution in [0.25, 0.3) is 0 Å². The van der Waals surface area contributed by atoms with E-state index < -0.39 is 6.17 Å². The summed E-state index contributed by atoms with van der Waals surface area (Å²) in [5.74, 6) is 0. The van der Waals surface area contributed by atoms with Crippen molar-refractivity contribution in [1.29, 1.82) is 0 Å². The summed E-state index contributed by atoms with van der Waals surface area (Å²) in [7, 11) is 1.90. The second-order valence-electron chi connectivity index (χ2n) is 3.17. The maximum atomic E-state index is 13.1. The molecule has 1 nitrogen and oxygen atoms in total. The van der Waals surface area contributed by atoms with Crippen LogP contribution in [0.5, 0.6) is 0 Å². The van der Waals surface area contributed by atoms with Crippen LogP contribution in [-0.4, -0.2) is 13.6 Å². The number of likely N-dealkylation sites (N-methyl/N-ethyl adjacent to an activating group) is 1. The lowest BCUT2D eigenvalue weighted by Crippen LogP contribution is -2.11. The van der Waals surface area contributed by atoms with Crippen molar-refractivity contribution in [3.05, 3.63) is 35.4 Å². The van der Waals surface area contributed by atoms with Crippen molar-refractivity contribution < 1.29 is 4.39 Å². The first-order chi connectivity index (χ1) is 6.25. The summed E-state index contributed by atoms with van der Waals surface area (Å²) >= 11 is 0. The molecule has 0 spiro atoms. The Kier molecular flexibility index (Phi) is 3.90. The SMILES string of the molecule is CNCCc1ccccc1C(C)F. The van der Waals surface area contributed by atoms with Gasteiger partial charge in [0.05, 0.1) is 0 Å². The second kappa shape index (κ2) is 4.97. The van der Waals surface area contributed by atoms with Gasteiger partial charge in [0.25, 0.3) is 0 Å². The molecule has 0 aliphatic heterocycles. The minimum absolute atomic E-state index is 0.817. The van der Waals surface area contributed by atoms with Crippen LogP contribution in [-0.2, 0) is 6.42 Å². The Balaban J connectivity index is 2.78. The van der Waals surface area contributed by atoms with Gasteiger partial charge in [0, 0.05) is 0 Å². The third kappa shape index (κ3) is 2.81. The van der Waals surface area contributed by atoms with Gasteiger partial charge in [-0.2, -0.15) is 0 Å². The van der Waals surface area contributed by atoms with Crippen molar-refractivity contribution >= 4 is 0 Å². The van der Waals surface area contributed by atoms with E-state index in [0.717, 1.165) is 24.1 Å². The largest absolute Gasteiger partial charge is 0.319 e. The van der Waals surface area contributed by atoms with Gasteiger partial charge in [-0.1, -0.05) is 24.3 Å². The van der Waals surface area contributed by atoms with Crippen molar-refractivity contribution in [1.82, 2.24) is 5.32 Å². The molecule has 72 valence electrons. The quantitative estimate of drug-likeness (QED) is 0.752. The summed E-state index contributed by atoms with van der Waals surface area (Å²) in [5.41, 5.74) is 1.92. The summed E-state index contributed by atoms with van der Waals surface area (Å²) < 4.78 is 13.1. The minimum Gasteiger partial charge on any atom is -0.319 e. The molecule has 0 saturated carbocycles. The summed E-state index contributed by atoms with van der Waals surface area (Å²) in [5, 5.41) is 3.06. The lowest BCUT2D eigenvalue weighted by atomic mass is 10.0. The molecule has 2 heteroatoms. The van der Waals surface area contributed by atoms with Gasteiger partial charge in [-0.3, -0.25) is 0 Å². The molecule has 0 aliphatic rings. The Hall–Kier alpha value is -0.890. The van der Waals surface area contributed by atoms with Crippen LogP contribution >= 0.6 is 0 Å². The highest BCUT2D eigenvalue weighted by Crippen LogP contribution is 2.20. The first-order valence-electron chi connectivity index (χ1n) is 4.62. The molecule has 0 aromatic heterocycles. The lowest BCUT2D eigenvalue weighted by molar-refractivity contribution is 0.372. The van der Waals surface area contributed by atoms with E-state index in [1.54, 1.807) is 6.92 Å². The van der Waals surface area contributed by atoms with Crippen LogP contribution in [0.4, 0.5) is 4.39 Å². The number of benzene rings is 1. The summed E-state index contributed by atoms with van der Waals surface area (Å²) in [6.07, 6.45) is 0.0223. The standard InChI is InChI=1S/C11H16FN/c1-9(12)11-6-4-3-5-10(11)7-8-13-2/h3-6,9,13H,7-8H2,1-2H3. The third-order valence-electron chi connectivity index (χ3n) is 2.13. The van der Waals surface area contributed by atoms with E-state index in [1.807, 2.05) is 31.3 Å². The van der Waals surface area contributed by atoms with E-state index in [2.05, 4.69) is 5.32 Å². The zero-order valence-electron chi connectivity index (χ0n) is 8.18. The molecule has 13 heavy (non-hydrogen) atoms. The van der Waals surface area contributed by atoms with Gasteiger partial charge in [-0.15, -0.1) is 0 Å². The fourth-order valence-corrected chi connectivity index (χ4v) is 1.41. The van der Waals surface area contributed by atoms with E-state index >= 15 is 0 Å². The topological polar surface area (TPSA) is 12.0 Å². The molecule has 0 amide bonds. The van der Waals surface area contributed by atoms with Crippen LogP contribution in [0.3, 0.4) is 0 Å². The average molecular weight is 181 g/mol. The molecule has 0 bridgehead atoms. The highest BCUT2D eigenvalue weighted by molar-refractivity contribution is 5.29. The molecule has 0 fully saturated rings. The van der Waals surface area contributed by atoms with Gasteiger partial charge < -0.3 is 5.32 Å². The highest BCUT2D eigenvalue weighted by atomic mass is 19.1. The van der Waals surface area contributed by atoms with Crippen LogP contribution in [0, 0.1) is 0 Å². The van der Waals surface area contributed by atoms with Gasteiger partial charge in [-0.25, -0.2) is 4.39 Å². The summed E-state index contributed by atoms with van der Waals surface area (Å²) in [6, 6.07) is 7.68. The van der Waals surface area contributed by atoms with E-state index in [9.17, 15) is 4.39 Å². The molecule has 1 atom stereocenters. The molecule has 0 radical (unpaired) electrons. The van der Waals surface area contributed by atoms with Crippen molar-refractivity contribution in [3.63, 3.8) is 0 Å². The number of nitrogens with one attached hydrogen (secondary N) is 1. The van der Waals surface area contributed by atoms with Gasteiger partial charge >= 0.3 is 0 Å². The van der Waals surface area contributed by atoms with E-state index in [0.29, 0.717) is 0 Å². The third-order valence-corrected chi connectivity index (χ3v) is 2.13. The van der Waals surface area contributed by atoms with Crippen LogP contribution < -0.4 is 5.32 Å². The zero-order valence-corrected chi connectivity index (χ0v) is 8.18. The van der Waals surface area contributed by atoms with Crippen molar-refractivity contribution in [3.8, 4) is 0 Å². The lowest BCUT2D eigenvalue weighted by Gasteiger charge is -2.09. The minimum atomic E-state index is -0.868. The molecular formula is C11H16FN. The average Bonchev–Trinajstić information content (AvgIpc) is 2.15. The van der Waals surface area contributed by atoms with Crippen molar-refractivity contribution in [2.45, 2.75) is 19.5 Å². The molecule has 1 aromatic rings. The zero-order chi connectivity index (χ0) is 9.68. The predicted octanol–water partition coefficient (Wildman–Crippen LogP) is 2.48. The Morgan fingerprint density at radius 2 is 2.08 bits per heavy atom. The molecule has 1 N–H and O–H groups in total. The fourth-order valence-electron chi connectivity index (χ4n) is 1.41. The number of rotatable bonds is 4. The van der Waals surface area contributed by atoms with Gasteiger partial charge in [0.2, 0.25) is 0 Å². The number of hydrogen-bond donors (Lipinski definition) is 1. The fraction of sp³-hybridized carbons (Fsp3) is 0.455. The number of alkyl halides is 1. The van der Waals surface area contributed by atoms with Crippen molar-refractivity contribution in [2.75, 3.05) is 13.6 Å². The molecule has 0 aliphatic carbocycles. The molecule has 1 rings (SSSR count). The van der Waals surface area contributed by atoms with Crippen LogP contribution in [0.15, 0.2) is 24.3 Å². The molecule has 1 unspecified atom stereocenters.